The molecule has 1 fully saturated rings. The molecule has 0 spiro atoms. The largest absolute Gasteiger partial charge is 0.573 e. The lowest BCUT2D eigenvalue weighted by atomic mass is 10.1. The molecular formula is C15H20ClF3N2O2. The molecule has 1 heterocycles. The van der Waals surface area contributed by atoms with Crippen LogP contribution in [0.3, 0.4) is 0 Å². The van der Waals surface area contributed by atoms with E-state index in [1.54, 1.807) is 4.90 Å². The van der Waals surface area contributed by atoms with E-state index in [0.717, 1.165) is 38.1 Å². The summed E-state index contributed by atoms with van der Waals surface area (Å²) in [6, 6.07) is 5.21. The third-order valence-corrected chi connectivity index (χ3v) is 3.54. The first-order valence-corrected chi connectivity index (χ1v) is 7.28. The van der Waals surface area contributed by atoms with Crippen LogP contribution in [0.15, 0.2) is 24.3 Å². The summed E-state index contributed by atoms with van der Waals surface area (Å²) < 4.78 is 40.2. The van der Waals surface area contributed by atoms with Gasteiger partial charge in [-0.15, -0.1) is 25.6 Å². The van der Waals surface area contributed by atoms with Crippen molar-refractivity contribution in [2.24, 2.45) is 0 Å². The van der Waals surface area contributed by atoms with Gasteiger partial charge in [0.15, 0.2) is 0 Å². The van der Waals surface area contributed by atoms with Gasteiger partial charge in [-0.3, -0.25) is 4.79 Å². The van der Waals surface area contributed by atoms with Crippen LogP contribution in [0.25, 0.3) is 0 Å². The number of nitrogens with zero attached hydrogens (tertiary/aromatic N) is 1. The van der Waals surface area contributed by atoms with Crippen LogP contribution in [0.5, 0.6) is 5.75 Å². The quantitative estimate of drug-likeness (QED) is 0.884. The minimum atomic E-state index is -4.73. The van der Waals surface area contributed by atoms with Crippen molar-refractivity contribution < 1.29 is 22.7 Å². The second-order valence-corrected chi connectivity index (χ2v) is 5.22. The molecule has 1 aliphatic heterocycles. The van der Waals surface area contributed by atoms with E-state index < -0.39 is 6.36 Å². The predicted octanol–water partition coefficient (Wildman–Crippen LogP) is 3.22. The van der Waals surface area contributed by atoms with Crippen LogP contribution < -0.4 is 10.1 Å². The van der Waals surface area contributed by atoms with Gasteiger partial charge in [0, 0.05) is 24.7 Å². The smallest absolute Gasteiger partial charge is 0.406 e. The van der Waals surface area contributed by atoms with Crippen LogP contribution in [0.2, 0.25) is 0 Å². The Hall–Kier alpha value is -1.47. The summed E-state index contributed by atoms with van der Waals surface area (Å²) in [5.41, 5.74) is 0.370. The predicted molar refractivity (Wildman–Crippen MR) is 83.0 cm³/mol. The van der Waals surface area contributed by atoms with E-state index in [-0.39, 0.29) is 30.1 Å². The Balaban J connectivity index is 0.00000264. The lowest BCUT2D eigenvalue weighted by Gasteiger charge is -2.28. The monoisotopic (exact) mass is 352 g/mol. The van der Waals surface area contributed by atoms with Crippen molar-refractivity contribution in [3.8, 4) is 5.75 Å². The molecule has 130 valence electrons. The number of rotatable bonds is 5. The zero-order valence-electron chi connectivity index (χ0n) is 12.7. The fraction of sp³-hybridized carbons (Fsp3) is 0.533. The average Bonchev–Trinajstić information content (AvgIpc) is 2.97. The van der Waals surface area contributed by atoms with Gasteiger partial charge < -0.3 is 15.0 Å². The van der Waals surface area contributed by atoms with Crippen molar-refractivity contribution in [3.63, 3.8) is 0 Å². The third kappa shape index (κ3) is 5.58. The Kier molecular flexibility index (Phi) is 7.15. The first-order valence-electron chi connectivity index (χ1n) is 7.28. The van der Waals surface area contributed by atoms with Crippen molar-refractivity contribution in [2.75, 3.05) is 19.6 Å². The molecule has 1 N–H and O–H groups in total. The van der Waals surface area contributed by atoms with Gasteiger partial charge in [0.05, 0.1) is 0 Å². The van der Waals surface area contributed by atoms with Gasteiger partial charge in [0.25, 0.3) is 5.91 Å². The number of halogens is 4. The minimum Gasteiger partial charge on any atom is -0.406 e. The fourth-order valence-electron chi connectivity index (χ4n) is 2.56. The number of carbonyl (C=O) groups is 1. The number of carbonyl (C=O) groups excluding carboxylic acids is 1. The van der Waals surface area contributed by atoms with Crippen LogP contribution in [-0.4, -0.2) is 42.8 Å². The zero-order chi connectivity index (χ0) is 16.2. The Morgan fingerprint density at radius 2 is 2.00 bits per heavy atom. The number of hydrogen-bond donors (Lipinski definition) is 1. The molecule has 1 aromatic rings. The molecule has 0 radical (unpaired) electrons. The normalized spacial score (nSPS) is 17.5. The van der Waals surface area contributed by atoms with Crippen molar-refractivity contribution >= 4 is 18.3 Å². The summed E-state index contributed by atoms with van der Waals surface area (Å²) in [5.74, 6) is -0.484. The first-order chi connectivity index (χ1) is 10.4. The topological polar surface area (TPSA) is 41.6 Å². The highest BCUT2D eigenvalue weighted by molar-refractivity contribution is 5.94. The standard InChI is InChI=1S/C15H19F3N2O2.ClH/c1-2-9-20(12-7-8-19-10-12)14(21)11-3-5-13(6-4-11)22-15(16,17)18;/h3-6,12,19H,2,7-10H2,1H3;1H. The summed E-state index contributed by atoms with van der Waals surface area (Å²) in [4.78, 5) is 14.3. The minimum absolute atomic E-state index is 0. The average molecular weight is 353 g/mol. The van der Waals surface area contributed by atoms with Crippen molar-refractivity contribution in [3.05, 3.63) is 29.8 Å². The van der Waals surface area contributed by atoms with E-state index in [9.17, 15) is 18.0 Å². The maximum absolute atomic E-state index is 12.6. The summed E-state index contributed by atoms with van der Waals surface area (Å²) in [6.45, 7) is 4.24. The molecule has 1 aromatic carbocycles. The molecule has 1 aliphatic rings. The van der Waals surface area contributed by atoms with Gasteiger partial charge >= 0.3 is 6.36 Å². The molecule has 0 aromatic heterocycles. The van der Waals surface area contributed by atoms with Crippen molar-refractivity contribution in [2.45, 2.75) is 32.2 Å². The SMILES string of the molecule is CCCN(C(=O)c1ccc(OC(F)(F)F)cc1)C1CCNC1.Cl. The van der Waals surface area contributed by atoms with Crippen molar-refractivity contribution in [1.29, 1.82) is 0 Å². The number of hydrogen-bond acceptors (Lipinski definition) is 3. The van der Waals surface area contributed by atoms with E-state index >= 15 is 0 Å². The Morgan fingerprint density at radius 3 is 2.48 bits per heavy atom. The Morgan fingerprint density at radius 1 is 1.35 bits per heavy atom. The third-order valence-electron chi connectivity index (χ3n) is 3.54. The van der Waals surface area contributed by atoms with E-state index in [4.69, 9.17) is 0 Å². The van der Waals surface area contributed by atoms with Gasteiger partial charge in [-0.05, 0) is 43.7 Å². The molecule has 1 amide bonds. The molecule has 0 bridgehead atoms. The lowest BCUT2D eigenvalue weighted by Crippen LogP contribution is -2.42. The maximum atomic E-state index is 12.6. The Bertz CT molecular complexity index is 502. The second kappa shape index (κ2) is 8.40. The lowest BCUT2D eigenvalue weighted by molar-refractivity contribution is -0.274. The molecule has 1 saturated heterocycles. The number of benzene rings is 1. The molecule has 2 rings (SSSR count). The summed E-state index contributed by atoms with van der Waals surface area (Å²) >= 11 is 0. The number of ether oxygens (including phenoxy) is 1. The molecule has 23 heavy (non-hydrogen) atoms. The number of alkyl halides is 3. The molecule has 0 aliphatic carbocycles. The molecule has 0 saturated carbocycles. The van der Waals surface area contributed by atoms with Crippen LogP contribution in [0.1, 0.15) is 30.1 Å². The van der Waals surface area contributed by atoms with Gasteiger partial charge in [-0.2, -0.15) is 0 Å². The van der Waals surface area contributed by atoms with Crippen LogP contribution in [-0.2, 0) is 0 Å². The fourth-order valence-corrected chi connectivity index (χ4v) is 2.56. The maximum Gasteiger partial charge on any atom is 0.573 e. The number of nitrogens with one attached hydrogen (secondary N) is 1. The molecular weight excluding hydrogens is 333 g/mol. The Labute approximate surface area is 139 Å². The van der Waals surface area contributed by atoms with Crippen LogP contribution in [0, 0.1) is 0 Å². The second-order valence-electron chi connectivity index (χ2n) is 5.22. The summed E-state index contributed by atoms with van der Waals surface area (Å²) in [5, 5.41) is 3.21. The summed E-state index contributed by atoms with van der Waals surface area (Å²) in [6.07, 6.45) is -3.01. The van der Waals surface area contributed by atoms with Gasteiger partial charge in [0.1, 0.15) is 5.75 Å². The van der Waals surface area contributed by atoms with E-state index in [1.807, 2.05) is 6.92 Å². The van der Waals surface area contributed by atoms with Gasteiger partial charge in [-0.25, -0.2) is 0 Å². The van der Waals surface area contributed by atoms with Crippen LogP contribution in [0.4, 0.5) is 13.2 Å². The van der Waals surface area contributed by atoms with Gasteiger partial charge in [0.2, 0.25) is 0 Å². The highest BCUT2D eigenvalue weighted by Crippen LogP contribution is 2.23. The van der Waals surface area contributed by atoms with Crippen LogP contribution >= 0.6 is 12.4 Å². The molecule has 4 nitrogen and oxygen atoms in total. The molecule has 1 unspecified atom stereocenters. The van der Waals surface area contributed by atoms with Gasteiger partial charge in [-0.1, -0.05) is 6.92 Å². The zero-order valence-corrected chi connectivity index (χ0v) is 13.5. The first kappa shape index (κ1) is 19.6. The molecule has 8 heteroatoms. The highest BCUT2D eigenvalue weighted by atomic mass is 35.5. The van der Waals surface area contributed by atoms with E-state index in [2.05, 4.69) is 10.1 Å². The number of amides is 1. The molecule has 1 atom stereocenters. The summed E-state index contributed by atoms with van der Waals surface area (Å²) in [7, 11) is 0. The van der Waals surface area contributed by atoms with Crippen molar-refractivity contribution in [1.82, 2.24) is 10.2 Å². The van der Waals surface area contributed by atoms with E-state index in [1.165, 1.54) is 12.1 Å². The van der Waals surface area contributed by atoms with E-state index in [0.29, 0.717) is 12.1 Å². The highest BCUT2D eigenvalue weighted by Gasteiger charge is 2.31.